The maximum Gasteiger partial charge on any atom is 0.320 e. The van der Waals surface area contributed by atoms with Gasteiger partial charge in [-0.05, 0) is 46.9 Å². The standard InChI is InChI=1S/C12H23NO3S2/c1-8(11(14)15)13(4)10-9(16-10)6-7-12(2,3)18-17-5/h8-10H,6-7H2,1-5H3,(H,14,15)/t8-,9?,10?/m0/s1. The second-order valence-electron chi connectivity index (χ2n) is 5.29. The van der Waals surface area contributed by atoms with Gasteiger partial charge in [-0.3, -0.25) is 9.69 Å². The number of carboxylic acid groups (broad SMARTS) is 1. The van der Waals surface area contributed by atoms with Crippen LogP contribution in [0.25, 0.3) is 0 Å². The number of nitrogens with zero attached hydrogens (tertiary/aromatic N) is 1. The van der Waals surface area contributed by atoms with Crippen molar-refractivity contribution in [3.8, 4) is 0 Å². The molecule has 1 aliphatic heterocycles. The Morgan fingerprint density at radius 1 is 1.56 bits per heavy atom. The number of ether oxygens (including phenoxy) is 1. The normalized spacial score (nSPS) is 25.2. The highest BCUT2D eigenvalue weighted by Gasteiger charge is 2.45. The Morgan fingerprint density at radius 2 is 2.17 bits per heavy atom. The molecule has 1 saturated heterocycles. The van der Waals surface area contributed by atoms with E-state index in [0.717, 1.165) is 12.8 Å². The van der Waals surface area contributed by atoms with Crippen molar-refractivity contribution in [1.29, 1.82) is 0 Å². The zero-order valence-electron chi connectivity index (χ0n) is 11.7. The molecule has 106 valence electrons. The minimum absolute atomic E-state index is 0.0221. The number of likely N-dealkylation sites (N-methyl/N-ethyl adjacent to an activating group) is 1. The molecule has 6 heteroatoms. The highest BCUT2D eigenvalue weighted by molar-refractivity contribution is 8.76. The summed E-state index contributed by atoms with van der Waals surface area (Å²) in [4.78, 5) is 12.7. The maximum atomic E-state index is 10.9. The van der Waals surface area contributed by atoms with E-state index in [4.69, 9.17) is 9.84 Å². The molecule has 1 aliphatic rings. The van der Waals surface area contributed by atoms with Crippen LogP contribution in [-0.4, -0.2) is 52.4 Å². The molecule has 0 amide bonds. The number of carboxylic acids is 1. The number of aliphatic carboxylic acids is 1. The predicted molar refractivity (Wildman–Crippen MR) is 77.9 cm³/mol. The van der Waals surface area contributed by atoms with Crippen LogP contribution >= 0.6 is 21.6 Å². The molecule has 0 spiro atoms. The molecule has 4 nitrogen and oxygen atoms in total. The van der Waals surface area contributed by atoms with Gasteiger partial charge in [-0.25, -0.2) is 0 Å². The van der Waals surface area contributed by atoms with Crippen LogP contribution in [0.4, 0.5) is 0 Å². The first-order chi connectivity index (χ1) is 8.28. The van der Waals surface area contributed by atoms with E-state index in [0.29, 0.717) is 0 Å². The summed E-state index contributed by atoms with van der Waals surface area (Å²) in [6, 6.07) is -0.492. The molecule has 0 aliphatic carbocycles. The minimum Gasteiger partial charge on any atom is -0.480 e. The molecular formula is C12H23NO3S2. The summed E-state index contributed by atoms with van der Waals surface area (Å²) in [6.45, 7) is 6.15. The molecule has 1 N–H and O–H groups in total. The van der Waals surface area contributed by atoms with Crippen molar-refractivity contribution in [3.63, 3.8) is 0 Å². The third kappa shape index (κ3) is 4.64. The predicted octanol–water partition coefficient (Wildman–Crippen LogP) is 2.69. The molecular weight excluding hydrogens is 270 g/mol. The van der Waals surface area contributed by atoms with E-state index in [2.05, 4.69) is 20.1 Å². The summed E-state index contributed by atoms with van der Waals surface area (Å²) in [7, 11) is 5.47. The Morgan fingerprint density at radius 3 is 2.67 bits per heavy atom. The Kier molecular flexibility index (Phi) is 5.83. The summed E-state index contributed by atoms with van der Waals surface area (Å²) < 4.78 is 5.81. The molecule has 1 heterocycles. The van der Waals surface area contributed by atoms with Crippen molar-refractivity contribution in [3.05, 3.63) is 0 Å². The Bertz CT molecular complexity index is 299. The summed E-state index contributed by atoms with van der Waals surface area (Å²) in [6.07, 6.45) is 4.33. The molecule has 0 saturated carbocycles. The van der Waals surface area contributed by atoms with Crippen LogP contribution < -0.4 is 0 Å². The second-order valence-corrected chi connectivity index (χ2v) is 8.40. The SMILES string of the molecule is CSSC(C)(C)CCC1OC1N(C)[C@@H](C)C(=O)O. The van der Waals surface area contributed by atoms with Gasteiger partial charge in [0.1, 0.15) is 12.3 Å². The lowest BCUT2D eigenvalue weighted by Gasteiger charge is -2.22. The molecule has 0 radical (unpaired) electrons. The summed E-state index contributed by atoms with van der Waals surface area (Å²) in [5.74, 6) is -0.801. The van der Waals surface area contributed by atoms with Gasteiger partial charge in [0.25, 0.3) is 0 Å². The highest BCUT2D eigenvalue weighted by atomic mass is 33.1. The number of carbonyl (C=O) groups is 1. The number of rotatable bonds is 8. The van der Waals surface area contributed by atoms with E-state index in [-0.39, 0.29) is 17.1 Å². The highest BCUT2D eigenvalue weighted by Crippen LogP contribution is 2.40. The third-order valence-corrected chi connectivity index (χ3v) is 5.94. The van der Waals surface area contributed by atoms with Crippen molar-refractivity contribution >= 4 is 27.6 Å². The van der Waals surface area contributed by atoms with E-state index >= 15 is 0 Å². The summed E-state index contributed by atoms with van der Waals surface area (Å²) >= 11 is 0. The van der Waals surface area contributed by atoms with Gasteiger partial charge < -0.3 is 9.84 Å². The zero-order valence-corrected chi connectivity index (χ0v) is 13.3. The van der Waals surface area contributed by atoms with Crippen molar-refractivity contribution in [2.45, 2.75) is 56.7 Å². The fraction of sp³-hybridized carbons (Fsp3) is 0.917. The molecule has 0 aromatic rings. The molecule has 3 atom stereocenters. The van der Waals surface area contributed by atoms with Crippen LogP contribution in [-0.2, 0) is 9.53 Å². The van der Waals surface area contributed by atoms with Gasteiger partial charge >= 0.3 is 5.97 Å². The van der Waals surface area contributed by atoms with Gasteiger partial charge in [-0.15, -0.1) is 0 Å². The van der Waals surface area contributed by atoms with E-state index in [1.54, 1.807) is 22.6 Å². The van der Waals surface area contributed by atoms with E-state index in [1.165, 1.54) is 0 Å². The smallest absolute Gasteiger partial charge is 0.320 e. The van der Waals surface area contributed by atoms with E-state index in [9.17, 15) is 4.79 Å². The second kappa shape index (κ2) is 6.50. The first kappa shape index (κ1) is 16.1. The van der Waals surface area contributed by atoms with Crippen molar-refractivity contribution in [2.24, 2.45) is 0 Å². The molecule has 0 aromatic carbocycles. The van der Waals surface area contributed by atoms with Crippen molar-refractivity contribution in [2.75, 3.05) is 13.3 Å². The minimum atomic E-state index is -0.801. The van der Waals surface area contributed by atoms with Crippen molar-refractivity contribution < 1.29 is 14.6 Å². The summed E-state index contributed by atoms with van der Waals surface area (Å²) in [5, 5.41) is 8.94. The van der Waals surface area contributed by atoms with Gasteiger partial charge in [-0.2, -0.15) is 0 Å². The van der Waals surface area contributed by atoms with Gasteiger partial charge in [0.05, 0.1) is 6.10 Å². The fourth-order valence-corrected chi connectivity index (χ4v) is 4.11. The average Bonchev–Trinajstić information content (AvgIpc) is 3.03. The van der Waals surface area contributed by atoms with Crippen LogP contribution in [0.15, 0.2) is 0 Å². The molecule has 1 rings (SSSR count). The Hall–Kier alpha value is 0.0900. The van der Waals surface area contributed by atoms with Gasteiger partial charge in [-0.1, -0.05) is 21.6 Å². The van der Waals surface area contributed by atoms with E-state index < -0.39 is 12.0 Å². The molecule has 2 unspecified atom stereocenters. The van der Waals surface area contributed by atoms with Crippen LogP contribution in [0, 0.1) is 0 Å². The quantitative estimate of drug-likeness (QED) is 0.548. The van der Waals surface area contributed by atoms with Crippen LogP contribution in [0.1, 0.15) is 33.6 Å². The number of epoxide rings is 1. The maximum absolute atomic E-state index is 10.9. The van der Waals surface area contributed by atoms with Gasteiger partial charge in [0, 0.05) is 4.75 Å². The Labute approximate surface area is 117 Å². The topological polar surface area (TPSA) is 53.1 Å². The fourth-order valence-electron chi connectivity index (χ4n) is 1.85. The zero-order chi connectivity index (χ0) is 13.9. The number of hydrogen-bond acceptors (Lipinski definition) is 5. The largest absolute Gasteiger partial charge is 0.480 e. The first-order valence-electron chi connectivity index (χ1n) is 6.10. The van der Waals surface area contributed by atoms with Crippen LogP contribution in [0.3, 0.4) is 0 Å². The first-order valence-corrected chi connectivity index (χ1v) is 8.66. The lowest BCUT2D eigenvalue weighted by molar-refractivity contribution is -0.142. The van der Waals surface area contributed by atoms with Gasteiger partial charge in [0.15, 0.2) is 0 Å². The lowest BCUT2D eigenvalue weighted by Crippen LogP contribution is -2.38. The van der Waals surface area contributed by atoms with Crippen LogP contribution in [0.2, 0.25) is 0 Å². The van der Waals surface area contributed by atoms with Crippen LogP contribution in [0.5, 0.6) is 0 Å². The van der Waals surface area contributed by atoms with Crippen molar-refractivity contribution in [1.82, 2.24) is 4.90 Å². The molecule has 0 aromatic heterocycles. The molecule has 1 fully saturated rings. The third-order valence-electron chi connectivity index (χ3n) is 3.27. The van der Waals surface area contributed by atoms with Gasteiger partial charge in [0.2, 0.25) is 0 Å². The molecule has 0 bridgehead atoms. The Balaban J connectivity index is 2.31. The molecule has 18 heavy (non-hydrogen) atoms. The summed E-state index contributed by atoms with van der Waals surface area (Å²) in [5.41, 5.74) is 0. The lowest BCUT2D eigenvalue weighted by atomic mass is 10.1. The monoisotopic (exact) mass is 293 g/mol. The number of hydrogen-bond donors (Lipinski definition) is 1. The van der Waals surface area contributed by atoms with E-state index in [1.807, 2.05) is 17.8 Å². The average molecular weight is 293 g/mol.